The number of anilines is 1. The first kappa shape index (κ1) is 14.3. The molecule has 3 rings (SSSR count). The summed E-state index contributed by atoms with van der Waals surface area (Å²) >= 11 is 6.20. The van der Waals surface area contributed by atoms with Crippen molar-refractivity contribution in [2.75, 3.05) is 18.0 Å². The molecule has 0 spiro atoms. The maximum absolute atomic E-state index is 6.20. The van der Waals surface area contributed by atoms with Gasteiger partial charge in [-0.2, -0.15) is 0 Å². The highest BCUT2D eigenvalue weighted by atomic mass is 35.5. The Balaban J connectivity index is 1.85. The zero-order chi connectivity index (χ0) is 14.7. The van der Waals surface area contributed by atoms with Gasteiger partial charge in [0.2, 0.25) is 0 Å². The van der Waals surface area contributed by atoms with Crippen LogP contribution in [0.3, 0.4) is 0 Å². The van der Waals surface area contributed by atoms with E-state index < -0.39 is 0 Å². The van der Waals surface area contributed by atoms with Crippen LogP contribution in [0.2, 0.25) is 5.15 Å². The first-order chi connectivity index (χ1) is 10.3. The summed E-state index contributed by atoms with van der Waals surface area (Å²) in [6.07, 6.45) is 3.79. The fourth-order valence-electron chi connectivity index (χ4n) is 2.97. The van der Waals surface area contributed by atoms with Crippen LogP contribution in [-0.4, -0.2) is 23.1 Å². The van der Waals surface area contributed by atoms with Gasteiger partial charge in [0.05, 0.1) is 0 Å². The van der Waals surface area contributed by atoms with Gasteiger partial charge in [0.25, 0.3) is 0 Å². The maximum atomic E-state index is 6.20. The van der Waals surface area contributed by atoms with Crippen LogP contribution in [0.25, 0.3) is 11.4 Å². The Hall–Kier alpha value is -1.61. The number of hydrogen-bond acceptors (Lipinski definition) is 3. The Kier molecular flexibility index (Phi) is 4.39. The zero-order valence-electron chi connectivity index (χ0n) is 12.3. The molecule has 3 nitrogen and oxygen atoms in total. The van der Waals surface area contributed by atoms with Crippen molar-refractivity contribution in [3.05, 3.63) is 41.6 Å². The van der Waals surface area contributed by atoms with Crippen LogP contribution < -0.4 is 4.90 Å². The van der Waals surface area contributed by atoms with E-state index in [0.717, 1.165) is 30.4 Å². The molecule has 2 aromatic rings. The average Bonchev–Trinajstić information content (AvgIpc) is 2.97. The van der Waals surface area contributed by atoms with Crippen LogP contribution in [0.15, 0.2) is 36.4 Å². The van der Waals surface area contributed by atoms with Crippen molar-refractivity contribution in [2.24, 2.45) is 5.92 Å². The van der Waals surface area contributed by atoms with Crippen molar-refractivity contribution in [1.29, 1.82) is 0 Å². The molecule has 4 heteroatoms. The van der Waals surface area contributed by atoms with E-state index in [4.69, 9.17) is 16.6 Å². The molecular weight excluding hydrogens is 282 g/mol. The van der Waals surface area contributed by atoms with Crippen LogP contribution in [-0.2, 0) is 0 Å². The Bertz CT molecular complexity index is 600. The SMILES string of the molecule is CCCC1CCN(c2cc(Cl)nc(-c3ccccc3)n2)C1. The van der Waals surface area contributed by atoms with Crippen LogP contribution >= 0.6 is 11.6 Å². The molecule has 1 unspecified atom stereocenters. The predicted octanol–water partition coefficient (Wildman–Crippen LogP) is 4.42. The van der Waals surface area contributed by atoms with E-state index in [1.165, 1.54) is 19.3 Å². The first-order valence-corrected chi connectivity index (χ1v) is 7.99. The molecule has 0 aliphatic carbocycles. The molecule has 110 valence electrons. The average molecular weight is 302 g/mol. The summed E-state index contributed by atoms with van der Waals surface area (Å²) in [5.74, 6) is 2.44. The molecule has 1 saturated heterocycles. The summed E-state index contributed by atoms with van der Waals surface area (Å²) in [6.45, 7) is 4.39. The number of rotatable bonds is 4. The van der Waals surface area contributed by atoms with Crippen molar-refractivity contribution in [3.8, 4) is 11.4 Å². The van der Waals surface area contributed by atoms with Crippen molar-refractivity contribution in [2.45, 2.75) is 26.2 Å². The van der Waals surface area contributed by atoms with Crippen molar-refractivity contribution < 1.29 is 0 Å². The zero-order valence-corrected chi connectivity index (χ0v) is 13.1. The number of halogens is 1. The maximum Gasteiger partial charge on any atom is 0.163 e. The lowest BCUT2D eigenvalue weighted by Gasteiger charge is -2.18. The van der Waals surface area contributed by atoms with Crippen molar-refractivity contribution >= 4 is 17.4 Å². The Morgan fingerprint density at radius 1 is 1.24 bits per heavy atom. The van der Waals surface area contributed by atoms with E-state index in [1.54, 1.807) is 0 Å². The summed E-state index contributed by atoms with van der Waals surface area (Å²) in [6, 6.07) is 11.9. The highest BCUT2D eigenvalue weighted by Gasteiger charge is 2.23. The minimum absolute atomic E-state index is 0.512. The number of hydrogen-bond donors (Lipinski definition) is 0. The second-order valence-electron chi connectivity index (χ2n) is 5.63. The lowest BCUT2D eigenvalue weighted by Crippen LogP contribution is -2.21. The second kappa shape index (κ2) is 6.44. The van der Waals surface area contributed by atoms with Gasteiger partial charge in [-0.15, -0.1) is 0 Å². The normalized spacial score (nSPS) is 18.2. The number of benzene rings is 1. The molecule has 1 fully saturated rings. The molecule has 0 bridgehead atoms. The van der Waals surface area contributed by atoms with Crippen LogP contribution in [0, 0.1) is 5.92 Å². The smallest absolute Gasteiger partial charge is 0.163 e. The van der Waals surface area contributed by atoms with E-state index in [-0.39, 0.29) is 0 Å². The lowest BCUT2D eigenvalue weighted by atomic mass is 10.0. The molecule has 21 heavy (non-hydrogen) atoms. The van der Waals surface area contributed by atoms with Gasteiger partial charge in [-0.25, -0.2) is 9.97 Å². The standard InChI is InChI=1S/C17H20ClN3/c1-2-6-13-9-10-21(12-13)16-11-15(18)19-17(20-16)14-7-4-3-5-8-14/h3-5,7-8,11,13H,2,6,9-10,12H2,1H3. The largest absolute Gasteiger partial charge is 0.356 e. The summed E-state index contributed by atoms with van der Waals surface area (Å²) in [7, 11) is 0. The van der Waals surface area contributed by atoms with E-state index >= 15 is 0 Å². The summed E-state index contributed by atoms with van der Waals surface area (Å²) in [4.78, 5) is 11.4. The molecule has 1 aromatic carbocycles. The summed E-state index contributed by atoms with van der Waals surface area (Å²) < 4.78 is 0. The van der Waals surface area contributed by atoms with Gasteiger partial charge in [-0.05, 0) is 18.8 Å². The summed E-state index contributed by atoms with van der Waals surface area (Å²) in [5, 5.41) is 0.512. The number of aromatic nitrogens is 2. The summed E-state index contributed by atoms with van der Waals surface area (Å²) in [5.41, 5.74) is 1.01. The monoisotopic (exact) mass is 301 g/mol. The van der Waals surface area contributed by atoms with Crippen LogP contribution in [0.5, 0.6) is 0 Å². The molecule has 0 radical (unpaired) electrons. The van der Waals surface area contributed by atoms with E-state index in [9.17, 15) is 0 Å². The third kappa shape index (κ3) is 3.35. The van der Waals surface area contributed by atoms with Crippen LogP contribution in [0.1, 0.15) is 26.2 Å². The first-order valence-electron chi connectivity index (χ1n) is 7.61. The third-order valence-electron chi connectivity index (χ3n) is 4.02. The number of nitrogens with zero attached hydrogens (tertiary/aromatic N) is 3. The fourth-order valence-corrected chi connectivity index (χ4v) is 3.15. The lowest BCUT2D eigenvalue weighted by molar-refractivity contribution is 0.529. The van der Waals surface area contributed by atoms with Gasteiger partial charge in [-0.1, -0.05) is 55.3 Å². The molecular formula is C17H20ClN3. The molecule has 1 aliphatic rings. The Labute approximate surface area is 131 Å². The molecule has 0 amide bonds. The van der Waals surface area contributed by atoms with Crippen molar-refractivity contribution in [1.82, 2.24) is 9.97 Å². The van der Waals surface area contributed by atoms with Gasteiger partial charge < -0.3 is 4.90 Å². The van der Waals surface area contributed by atoms with Crippen LogP contribution in [0.4, 0.5) is 5.82 Å². The van der Waals surface area contributed by atoms with Gasteiger partial charge in [-0.3, -0.25) is 0 Å². The van der Waals surface area contributed by atoms with E-state index in [2.05, 4.69) is 16.8 Å². The van der Waals surface area contributed by atoms with E-state index in [0.29, 0.717) is 11.0 Å². The molecule has 0 saturated carbocycles. The third-order valence-corrected chi connectivity index (χ3v) is 4.21. The van der Waals surface area contributed by atoms with Gasteiger partial charge >= 0.3 is 0 Å². The fraction of sp³-hybridized carbons (Fsp3) is 0.412. The highest BCUT2D eigenvalue weighted by Crippen LogP contribution is 2.28. The minimum Gasteiger partial charge on any atom is -0.356 e. The van der Waals surface area contributed by atoms with Gasteiger partial charge in [0.15, 0.2) is 5.82 Å². The predicted molar refractivity (Wildman–Crippen MR) is 87.7 cm³/mol. The molecule has 1 aliphatic heterocycles. The second-order valence-corrected chi connectivity index (χ2v) is 6.02. The molecule has 1 atom stereocenters. The van der Waals surface area contributed by atoms with Crippen molar-refractivity contribution in [3.63, 3.8) is 0 Å². The quantitative estimate of drug-likeness (QED) is 0.783. The Morgan fingerprint density at radius 2 is 2.05 bits per heavy atom. The topological polar surface area (TPSA) is 29.0 Å². The molecule has 0 N–H and O–H groups in total. The van der Waals surface area contributed by atoms with Gasteiger partial charge in [0.1, 0.15) is 11.0 Å². The Morgan fingerprint density at radius 3 is 2.81 bits per heavy atom. The van der Waals surface area contributed by atoms with Gasteiger partial charge in [0, 0.05) is 24.7 Å². The van der Waals surface area contributed by atoms with E-state index in [1.807, 2.05) is 36.4 Å². The molecule has 1 aromatic heterocycles. The minimum atomic E-state index is 0.512. The highest BCUT2D eigenvalue weighted by molar-refractivity contribution is 6.29. The molecule has 2 heterocycles.